The van der Waals surface area contributed by atoms with Crippen LogP contribution in [-0.2, 0) is 18.4 Å². The molecular formula is C16H20O4. The first-order valence-electron chi connectivity index (χ1n) is 7.49. The van der Waals surface area contributed by atoms with Crippen molar-refractivity contribution in [1.82, 2.24) is 0 Å². The summed E-state index contributed by atoms with van der Waals surface area (Å²) in [4.78, 5) is 0. The van der Waals surface area contributed by atoms with Gasteiger partial charge in [-0.2, -0.15) is 0 Å². The summed E-state index contributed by atoms with van der Waals surface area (Å²) in [5.74, 6) is 2.54. The third-order valence-electron chi connectivity index (χ3n) is 4.59. The Labute approximate surface area is 118 Å². The van der Waals surface area contributed by atoms with Gasteiger partial charge in [-0.05, 0) is 38.5 Å². The van der Waals surface area contributed by atoms with Crippen molar-refractivity contribution < 1.29 is 19.3 Å². The van der Waals surface area contributed by atoms with Crippen molar-refractivity contribution >= 4 is 0 Å². The minimum atomic E-state index is -0.696. The van der Waals surface area contributed by atoms with Gasteiger partial charge in [0.05, 0.1) is 25.9 Å². The summed E-state index contributed by atoms with van der Waals surface area (Å²) in [5.41, 5.74) is 2.48. The molecule has 2 aliphatic heterocycles. The molecule has 0 atom stereocenters. The molecule has 4 nitrogen and oxygen atoms in total. The Bertz CT molecular complexity index is 523. The third-order valence-corrected chi connectivity index (χ3v) is 4.59. The van der Waals surface area contributed by atoms with E-state index in [-0.39, 0.29) is 0 Å². The van der Waals surface area contributed by atoms with Gasteiger partial charge in [-0.25, -0.2) is 0 Å². The molecule has 0 bridgehead atoms. The average molecular weight is 276 g/mol. The van der Waals surface area contributed by atoms with Gasteiger partial charge in [0.2, 0.25) is 0 Å². The topological polar surface area (TPSA) is 47.9 Å². The smallest absolute Gasteiger partial charge is 0.167 e. The standard InChI is InChI=1S/C16H20O4/c1-18-14-11-5-3-8-19-13(11)12(16(17)6-7-16)10-4-2-9-20-15(10)14/h17H,2-9H2,1H3. The van der Waals surface area contributed by atoms with Crippen LogP contribution in [0.1, 0.15) is 42.4 Å². The first-order chi connectivity index (χ1) is 9.74. The van der Waals surface area contributed by atoms with Crippen molar-refractivity contribution in [1.29, 1.82) is 0 Å². The van der Waals surface area contributed by atoms with Gasteiger partial charge < -0.3 is 19.3 Å². The van der Waals surface area contributed by atoms with Gasteiger partial charge in [0.25, 0.3) is 0 Å². The second-order valence-electron chi connectivity index (χ2n) is 5.96. The maximum absolute atomic E-state index is 10.7. The molecule has 3 aliphatic rings. The summed E-state index contributed by atoms with van der Waals surface area (Å²) in [6, 6.07) is 0. The SMILES string of the molecule is COc1c2c(c(C3(O)CC3)c3c1OCCC3)OCCC2. The fraction of sp³-hybridized carbons (Fsp3) is 0.625. The Morgan fingerprint density at radius 3 is 2.30 bits per heavy atom. The highest BCUT2D eigenvalue weighted by Gasteiger charge is 2.48. The zero-order chi connectivity index (χ0) is 13.7. The van der Waals surface area contributed by atoms with E-state index in [2.05, 4.69) is 0 Å². The molecule has 0 aromatic heterocycles. The average Bonchev–Trinajstić information content (AvgIpc) is 3.23. The molecule has 2 heterocycles. The Balaban J connectivity index is 2.01. The van der Waals surface area contributed by atoms with Crippen LogP contribution in [-0.4, -0.2) is 25.4 Å². The molecular weight excluding hydrogens is 256 g/mol. The molecule has 0 radical (unpaired) electrons. The lowest BCUT2D eigenvalue weighted by Crippen LogP contribution is -2.22. The predicted octanol–water partition coefficient (Wildman–Crippen LogP) is 2.33. The Hall–Kier alpha value is -1.42. The van der Waals surface area contributed by atoms with Crippen molar-refractivity contribution in [2.75, 3.05) is 20.3 Å². The van der Waals surface area contributed by atoms with E-state index in [4.69, 9.17) is 14.2 Å². The van der Waals surface area contributed by atoms with Crippen LogP contribution in [0.4, 0.5) is 0 Å². The van der Waals surface area contributed by atoms with E-state index in [0.717, 1.165) is 85.7 Å². The fourth-order valence-corrected chi connectivity index (χ4v) is 3.48. The van der Waals surface area contributed by atoms with E-state index in [1.54, 1.807) is 7.11 Å². The van der Waals surface area contributed by atoms with Crippen LogP contribution >= 0.6 is 0 Å². The quantitative estimate of drug-likeness (QED) is 0.900. The van der Waals surface area contributed by atoms with Gasteiger partial charge in [0.1, 0.15) is 5.75 Å². The highest BCUT2D eigenvalue weighted by atomic mass is 16.5. The van der Waals surface area contributed by atoms with Crippen LogP contribution in [0.2, 0.25) is 0 Å². The van der Waals surface area contributed by atoms with Crippen LogP contribution in [0.15, 0.2) is 0 Å². The summed E-state index contributed by atoms with van der Waals surface area (Å²) in [7, 11) is 1.69. The maximum atomic E-state index is 10.7. The molecule has 1 saturated carbocycles. The molecule has 108 valence electrons. The number of methoxy groups -OCH3 is 1. The minimum absolute atomic E-state index is 0.696. The van der Waals surface area contributed by atoms with Gasteiger partial charge >= 0.3 is 0 Å². The Morgan fingerprint density at radius 2 is 1.65 bits per heavy atom. The van der Waals surface area contributed by atoms with E-state index in [1.807, 2.05) is 0 Å². The lowest BCUT2D eigenvalue weighted by atomic mass is 9.88. The summed E-state index contributed by atoms with van der Waals surface area (Å²) < 4.78 is 17.4. The lowest BCUT2D eigenvalue weighted by Gasteiger charge is -2.31. The molecule has 0 unspecified atom stereocenters. The van der Waals surface area contributed by atoms with Crippen molar-refractivity contribution in [2.45, 2.75) is 44.1 Å². The predicted molar refractivity (Wildman–Crippen MR) is 73.8 cm³/mol. The normalized spacial score (nSPS) is 22.1. The van der Waals surface area contributed by atoms with E-state index >= 15 is 0 Å². The monoisotopic (exact) mass is 276 g/mol. The van der Waals surface area contributed by atoms with Gasteiger partial charge in [0.15, 0.2) is 11.5 Å². The second kappa shape index (κ2) is 4.29. The number of aliphatic hydroxyl groups is 1. The van der Waals surface area contributed by atoms with Crippen molar-refractivity contribution in [2.24, 2.45) is 0 Å². The molecule has 1 fully saturated rings. The van der Waals surface area contributed by atoms with E-state index in [9.17, 15) is 5.11 Å². The number of fused-ring (bicyclic) bond motifs is 2. The van der Waals surface area contributed by atoms with Crippen LogP contribution in [0.3, 0.4) is 0 Å². The summed E-state index contributed by atoms with van der Waals surface area (Å²) in [6.45, 7) is 1.44. The number of hydrogen-bond acceptors (Lipinski definition) is 4. The molecule has 1 aliphatic carbocycles. The molecule has 0 saturated heterocycles. The van der Waals surface area contributed by atoms with Gasteiger partial charge in [-0.3, -0.25) is 0 Å². The third kappa shape index (κ3) is 1.64. The molecule has 4 rings (SSSR count). The first-order valence-corrected chi connectivity index (χ1v) is 7.49. The van der Waals surface area contributed by atoms with Crippen LogP contribution in [0.25, 0.3) is 0 Å². The number of rotatable bonds is 2. The van der Waals surface area contributed by atoms with E-state index < -0.39 is 5.60 Å². The van der Waals surface area contributed by atoms with E-state index in [1.165, 1.54) is 0 Å². The molecule has 0 amide bonds. The van der Waals surface area contributed by atoms with Crippen LogP contribution in [0.5, 0.6) is 17.2 Å². The number of ether oxygens (including phenoxy) is 3. The first kappa shape index (κ1) is 12.3. The van der Waals surface area contributed by atoms with Crippen LogP contribution in [0, 0.1) is 0 Å². The molecule has 20 heavy (non-hydrogen) atoms. The van der Waals surface area contributed by atoms with Crippen LogP contribution < -0.4 is 14.2 Å². The van der Waals surface area contributed by atoms with Crippen molar-refractivity contribution in [3.63, 3.8) is 0 Å². The Morgan fingerprint density at radius 1 is 1.00 bits per heavy atom. The minimum Gasteiger partial charge on any atom is -0.493 e. The van der Waals surface area contributed by atoms with Gasteiger partial charge in [-0.15, -0.1) is 0 Å². The van der Waals surface area contributed by atoms with Crippen molar-refractivity contribution in [3.8, 4) is 17.2 Å². The summed E-state index contributed by atoms with van der Waals surface area (Å²) in [6.07, 6.45) is 5.47. The van der Waals surface area contributed by atoms with Gasteiger partial charge in [-0.1, -0.05) is 0 Å². The zero-order valence-corrected chi connectivity index (χ0v) is 11.8. The highest BCUT2D eigenvalue weighted by molar-refractivity contribution is 5.66. The highest BCUT2D eigenvalue weighted by Crippen LogP contribution is 2.57. The summed E-state index contributed by atoms with van der Waals surface area (Å²) >= 11 is 0. The van der Waals surface area contributed by atoms with Crippen molar-refractivity contribution in [3.05, 3.63) is 16.7 Å². The largest absolute Gasteiger partial charge is 0.493 e. The molecule has 1 aromatic carbocycles. The maximum Gasteiger partial charge on any atom is 0.167 e. The fourth-order valence-electron chi connectivity index (χ4n) is 3.48. The second-order valence-corrected chi connectivity index (χ2v) is 5.96. The van der Waals surface area contributed by atoms with E-state index in [0.29, 0.717) is 0 Å². The molecule has 1 N–H and O–H groups in total. The molecule has 4 heteroatoms. The zero-order valence-electron chi connectivity index (χ0n) is 11.8. The summed E-state index contributed by atoms with van der Waals surface area (Å²) in [5, 5.41) is 10.7. The number of benzene rings is 1. The molecule has 1 aromatic rings. The molecule has 0 spiro atoms. The number of hydrogen-bond donors (Lipinski definition) is 1. The lowest BCUT2D eigenvalue weighted by molar-refractivity contribution is 0.139. The Kier molecular flexibility index (Phi) is 2.64. The van der Waals surface area contributed by atoms with Gasteiger partial charge in [0, 0.05) is 16.7 Å².